The lowest BCUT2D eigenvalue weighted by atomic mass is 9.82. The summed E-state index contributed by atoms with van der Waals surface area (Å²) in [5, 5.41) is 3.16. The minimum Gasteiger partial charge on any atom is -0.334 e. The Kier molecular flexibility index (Phi) is 3.87. The van der Waals surface area contributed by atoms with Gasteiger partial charge in [-0.3, -0.25) is 4.79 Å². The molecule has 2 bridgehead atoms. The maximum absolute atomic E-state index is 13.0. The van der Waals surface area contributed by atoms with Gasteiger partial charge in [-0.1, -0.05) is 24.6 Å². The summed E-state index contributed by atoms with van der Waals surface area (Å²) in [5.41, 5.74) is 0.996. The van der Waals surface area contributed by atoms with Crippen LogP contribution in [-0.4, -0.2) is 42.0 Å². The highest BCUT2D eigenvalue weighted by Crippen LogP contribution is 2.41. The van der Waals surface area contributed by atoms with Crippen LogP contribution in [0.2, 0.25) is 0 Å². The zero-order chi connectivity index (χ0) is 17.8. The Bertz CT molecular complexity index is 701. The number of hydrogen-bond donors (Lipinski definition) is 1. The average molecular weight is 341 g/mol. The second kappa shape index (κ2) is 5.84. The molecule has 5 heteroatoms. The van der Waals surface area contributed by atoms with E-state index in [9.17, 15) is 9.59 Å². The van der Waals surface area contributed by atoms with E-state index in [1.54, 1.807) is 0 Å². The number of carbonyl (C=O) groups excluding carboxylic acids is 2. The summed E-state index contributed by atoms with van der Waals surface area (Å²) < 4.78 is 0. The van der Waals surface area contributed by atoms with Crippen LogP contribution < -0.4 is 10.2 Å². The van der Waals surface area contributed by atoms with Crippen molar-refractivity contribution in [1.82, 2.24) is 10.2 Å². The van der Waals surface area contributed by atoms with E-state index in [1.165, 1.54) is 24.2 Å². The molecule has 0 spiro atoms. The highest BCUT2D eigenvalue weighted by molar-refractivity contribution is 6.22. The van der Waals surface area contributed by atoms with Crippen molar-refractivity contribution in [2.75, 3.05) is 11.9 Å². The zero-order valence-corrected chi connectivity index (χ0v) is 15.3. The van der Waals surface area contributed by atoms with E-state index in [0.717, 1.165) is 24.1 Å². The summed E-state index contributed by atoms with van der Waals surface area (Å²) in [6.07, 6.45) is 5.65. The third-order valence-electron chi connectivity index (χ3n) is 6.43. The first-order valence-electron chi connectivity index (χ1n) is 9.36. The number of piperidine rings is 2. The van der Waals surface area contributed by atoms with E-state index < -0.39 is 5.41 Å². The molecular weight excluding hydrogens is 314 g/mol. The molecule has 3 heterocycles. The Hall–Kier alpha value is -1.88. The van der Waals surface area contributed by atoms with Crippen molar-refractivity contribution < 1.29 is 9.59 Å². The third-order valence-corrected chi connectivity index (χ3v) is 6.43. The fraction of sp³-hybridized carbons (Fsp3) is 0.600. The molecule has 0 radical (unpaired) electrons. The first-order valence-corrected chi connectivity index (χ1v) is 9.36. The molecule has 0 saturated carbocycles. The Balaban J connectivity index is 1.53. The number of anilines is 1. The summed E-state index contributed by atoms with van der Waals surface area (Å²) in [6.45, 7) is 3.78. The number of benzene rings is 1. The van der Waals surface area contributed by atoms with Gasteiger partial charge in [0.1, 0.15) is 0 Å². The molecule has 2 fully saturated rings. The molecular formula is C20H27N3O2. The molecule has 3 aliphatic heterocycles. The number of nitrogens with one attached hydrogen (secondary N) is 1. The summed E-state index contributed by atoms with van der Waals surface area (Å²) in [4.78, 5) is 29.7. The molecule has 2 saturated heterocycles. The maximum atomic E-state index is 13.0. The van der Waals surface area contributed by atoms with Crippen LogP contribution in [0, 0.1) is 0 Å². The number of hydrogen-bond acceptors (Lipinski definition) is 3. The minimum atomic E-state index is -0.656. The van der Waals surface area contributed by atoms with E-state index in [1.807, 2.05) is 38.1 Å². The van der Waals surface area contributed by atoms with Crippen LogP contribution in [0.4, 0.5) is 10.5 Å². The summed E-state index contributed by atoms with van der Waals surface area (Å²) >= 11 is 0. The Morgan fingerprint density at radius 1 is 1.16 bits per heavy atom. The third kappa shape index (κ3) is 2.56. The van der Waals surface area contributed by atoms with Crippen LogP contribution in [0.1, 0.15) is 51.5 Å². The van der Waals surface area contributed by atoms with Crippen LogP contribution in [0.5, 0.6) is 0 Å². The Morgan fingerprint density at radius 2 is 1.80 bits per heavy atom. The van der Waals surface area contributed by atoms with Gasteiger partial charge < -0.3 is 10.2 Å². The summed E-state index contributed by atoms with van der Waals surface area (Å²) in [6, 6.07) is 8.61. The molecule has 0 aromatic heterocycles. The first kappa shape index (κ1) is 16.6. The minimum absolute atomic E-state index is 0.140. The van der Waals surface area contributed by atoms with Crippen LogP contribution in [0.3, 0.4) is 0 Å². The van der Waals surface area contributed by atoms with Gasteiger partial charge >= 0.3 is 6.03 Å². The van der Waals surface area contributed by atoms with Crippen LogP contribution >= 0.6 is 0 Å². The van der Waals surface area contributed by atoms with E-state index >= 15 is 0 Å². The molecule has 25 heavy (non-hydrogen) atoms. The second-order valence-corrected chi connectivity index (χ2v) is 8.30. The quantitative estimate of drug-likeness (QED) is 0.854. The SMILES string of the molecule is CN1[C@@H]2CCC[C@H]1C[C@@H](NC(=O)N1C(=O)C(C)(C)c3ccccc31)C2. The number of fused-ring (bicyclic) bond motifs is 3. The number of urea groups is 1. The normalized spacial score (nSPS) is 30.9. The average Bonchev–Trinajstić information content (AvgIpc) is 2.76. The Labute approximate surface area is 149 Å². The molecule has 1 N–H and O–H groups in total. The molecule has 1 aromatic rings. The molecule has 0 aliphatic carbocycles. The predicted octanol–water partition coefficient (Wildman–Crippen LogP) is 3.04. The van der Waals surface area contributed by atoms with Gasteiger partial charge in [0.15, 0.2) is 0 Å². The number of para-hydroxylation sites is 1. The molecule has 3 aliphatic rings. The van der Waals surface area contributed by atoms with E-state index in [0.29, 0.717) is 12.1 Å². The number of imide groups is 1. The van der Waals surface area contributed by atoms with E-state index in [2.05, 4.69) is 17.3 Å². The number of amides is 3. The molecule has 3 atom stereocenters. The lowest BCUT2D eigenvalue weighted by Crippen LogP contribution is -2.57. The topological polar surface area (TPSA) is 52.7 Å². The number of rotatable bonds is 1. The molecule has 4 rings (SSSR count). The number of nitrogens with zero attached hydrogens (tertiary/aromatic N) is 2. The lowest BCUT2D eigenvalue weighted by Gasteiger charge is -2.47. The van der Waals surface area contributed by atoms with Crippen molar-refractivity contribution in [3.05, 3.63) is 29.8 Å². The smallest absolute Gasteiger partial charge is 0.329 e. The van der Waals surface area contributed by atoms with E-state index in [4.69, 9.17) is 0 Å². The van der Waals surface area contributed by atoms with Gasteiger partial charge in [-0.05, 0) is 58.2 Å². The van der Waals surface area contributed by atoms with E-state index in [-0.39, 0.29) is 18.0 Å². The van der Waals surface area contributed by atoms with Gasteiger partial charge in [-0.25, -0.2) is 9.69 Å². The second-order valence-electron chi connectivity index (χ2n) is 8.30. The molecule has 1 aromatic carbocycles. The van der Waals surface area contributed by atoms with Gasteiger partial charge in [0.25, 0.3) is 0 Å². The van der Waals surface area contributed by atoms with Crippen molar-refractivity contribution in [3.8, 4) is 0 Å². The summed E-state index contributed by atoms with van der Waals surface area (Å²) in [7, 11) is 2.20. The highest BCUT2D eigenvalue weighted by Gasteiger charge is 2.47. The zero-order valence-electron chi connectivity index (χ0n) is 15.3. The monoisotopic (exact) mass is 341 g/mol. The van der Waals surface area contributed by atoms with Crippen LogP contribution in [0.25, 0.3) is 0 Å². The fourth-order valence-corrected chi connectivity index (χ4v) is 4.88. The maximum Gasteiger partial charge on any atom is 0.329 e. The first-order chi connectivity index (χ1) is 11.9. The van der Waals surface area contributed by atoms with Gasteiger partial charge in [0.05, 0.1) is 11.1 Å². The van der Waals surface area contributed by atoms with Crippen molar-refractivity contribution in [2.24, 2.45) is 0 Å². The summed E-state index contributed by atoms with van der Waals surface area (Å²) in [5.74, 6) is -0.140. The van der Waals surface area contributed by atoms with Crippen LogP contribution in [-0.2, 0) is 10.2 Å². The van der Waals surface area contributed by atoms with Crippen molar-refractivity contribution in [1.29, 1.82) is 0 Å². The largest absolute Gasteiger partial charge is 0.334 e. The van der Waals surface area contributed by atoms with Crippen molar-refractivity contribution >= 4 is 17.6 Å². The Morgan fingerprint density at radius 3 is 2.48 bits per heavy atom. The standard InChI is InChI=1S/C20H27N3O2/c1-20(2)16-9-4-5-10-17(16)23(18(20)24)19(25)21-13-11-14-7-6-8-15(12-13)22(14)3/h4-5,9-10,13-15H,6-8,11-12H2,1-3H3,(H,21,25)/t13-,14+,15-. The molecule has 5 nitrogen and oxygen atoms in total. The predicted molar refractivity (Wildman–Crippen MR) is 97.7 cm³/mol. The van der Waals surface area contributed by atoms with Gasteiger partial charge in [0, 0.05) is 18.1 Å². The van der Waals surface area contributed by atoms with Gasteiger partial charge in [-0.2, -0.15) is 0 Å². The van der Waals surface area contributed by atoms with Crippen LogP contribution in [0.15, 0.2) is 24.3 Å². The number of carbonyl (C=O) groups is 2. The van der Waals surface area contributed by atoms with Gasteiger partial charge in [-0.15, -0.1) is 0 Å². The molecule has 3 amide bonds. The van der Waals surface area contributed by atoms with Crippen molar-refractivity contribution in [3.63, 3.8) is 0 Å². The van der Waals surface area contributed by atoms with Gasteiger partial charge in [0.2, 0.25) is 5.91 Å². The lowest BCUT2D eigenvalue weighted by molar-refractivity contribution is -0.121. The van der Waals surface area contributed by atoms with Crippen molar-refractivity contribution in [2.45, 2.75) is 69.5 Å². The molecule has 134 valence electrons. The fourth-order valence-electron chi connectivity index (χ4n) is 4.88. The highest BCUT2D eigenvalue weighted by atomic mass is 16.2. The molecule has 0 unspecified atom stereocenters.